The van der Waals surface area contributed by atoms with E-state index < -0.39 is 0 Å². The number of anilines is 1. The van der Waals surface area contributed by atoms with Crippen LogP contribution in [-0.4, -0.2) is 53.4 Å². The fraction of sp³-hybridized carbons (Fsp3) is 0.318. The van der Waals surface area contributed by atoms with Gasteiger partial charge in [-0.1, -0.05) is 35.5 Å². The first-order valence-electron chi connectivity index (χ1n) is 9.85. The summed E-state index contributed by atoms with van der Waals surface area (Å²) in [5.41, 5.74) is 2.84. The van der Waals surface area contributed by atoms with Crippen molar-refractivity contribution in [3.8, 4) is 17.5 Å². The molecule has 2 heterocycles. The Balaban J connectivity index is 1.48. The Morgan fingerprint density at radius 1 is 1.13 bits per heavy atom. The van der Waals surface area contributed by atoms with Gasteiger partial charge in [0.15, 0.2) is 5.16 Å². The van der Waals surface area contributed by atoms with Crippen LogP contribution in [0.25, 0.3) is 5.69 Å². The maximum absolute atomic E-state index is 9.01. The molecule has 8 heteroatoms. The summed E-state index contributed by atoms with van der Waals surface area (Å²) in [7, 11) is 0. The SMILES string of the molecule is Cc1ccc(-n2c(SCCOc3cccc(C#N)c3)nnc2N2CCOCC2)cc1. The van der Waals surface area contributed by atoms with Gasteiger partial charge in [-0.15, -0.1) is 10.2 Å². The molecule has 1 saturated heterocycles. The second-order valence-corrected chi connectivity index (χ2v) is 7.95. The topological polar surface area (TPSA) is 76.2 Å². The number of nitriles is 1. The Hall–Kier alpha value is -3.02. The van der Waals surface area contributed by atoms with Crippen LogP contribution in [-0.2, 0) is 4.74 Å². The van der Waals surface area contributed by atoms with E-state index in [4.69, 9.17) is 14.7 Å². The smallest absolute Gasteiger partial charge is 0.232 e. The summed E-state index contributed by atoms with van der Waals surface area (Å²) in [4.78, 5) is 2.21. The Bertz CT molecular complexity index is 1020. The molecule has 0 aliphatic carbocycles. The zero-order valence-corrected chi connectivity index (χ0v) is 17.6. The molecule has 1 fully saturated rings. The van der Waals surface area contributed by atoms with Crippen molar-refractivity contribution in [2.45, 2.75) is 12.1 Å². The number of nitrogens with zero attached hydrogens (tertiary/aromatic N) is 5. The lowest BCUT2D eigenvalue weighted by molar-refractivity contribution is 0.122. The standard InChI is InChI=1S/C22H23N5O2S/c1-17-5-7-19(8-6-17)27-21(26-9-11-28-12-10-26)24-25-22(27)30-14-13-29-20-4-2-3-18(15-20)16-23/h2-8,15H,9-14H2,1H3. The summed E-state index contributed by atoms with van der Waals surface area (Å²) < 4.78 is 13.4. The highest BCUT2D eigenvalue weighted by molar-refractivity contribution is 7.99. The third kappa shape index (κ3) is 4.75. The van der Waals surface area contributed by atoms with Crippen molar-refractivity contribution >= 4 is 17.7 Å². The van der Waals surface area contributed by atoms with Crippen LogP contribution in [0.4, 0.5) is 5.95 Å². The largest absolute Gasteiger partial charge is 0.493 e. The number of aryl methyl sites for hydroxylation is 1. The molecule has 1 aliphatic heterocycles. The summed E-state index contributed by atoms with van der Waals surface area (Å²) >= 11 is 1.60. The van der Waals surface area contributed by atoms with Gasteiger partial charge >= 0.3 is 0 Å². The van der Waals surface area contributed by atoms with Gasteiger partial charge in [0.05, 0.1) is 37.1 Å². The number of hydrogen-bond acceptors (Lipinski definition) is 7. The molecule has 0 atom stereocenters. The van der Waals surface area contributed by atoms with Gasteiger partial charge in [0, 0.05) is 18.8 Å². The molecule has 0 spiro atoms. The minimum absolute atomic E-state index is 0.507. The van der Waals surface area contributed by atoms with Gasteiger partial charge in [-0.05, 0) is 37.3 Å². The number of aromatic nitrogens is 3. The summed E-state index contributed by atoms with van der Waals surface area (Å²) in [6, 6.07) is 17.7. The van der Waals surface area contributed by atoms with Gasteiger partial charge < -0.3 is 14.4 Å². The first-order valence-corrected chi connectivity index (χ1v) is 10.8. The van der Waals surface area contributed by atoms with Crippen LogP contribution in [0.2, 0.25) is 0 Å². The van der Waals surface area contributed by atoms with Crippen molar-refractivity contribution in [2.24, 2.45) is 0 Å². The summed E-state index contributed by atoms with van der Waals surface area (Å²) in [6.07, 6.45) is 0. The third-order valence-corrected chi connectivity index (χ3v) is 5.64. The highest BCUT2D eigenvalue weighted by atomic mass is 32.2. The summed E-state index contributed by atoms with van der Waals surface area (Å²) in [5.74, 6) is 2.25. The molecule has 1 aliphatic rings. The number of thioether (sulfide) groups is 1. The normalized spacial score (nSPS) is 13.8. The van der Waals surface area contributed by atoms with Crippen LogP contribution in [0.3, 0.4) is 0 Å². The van der Waals surface area contributed by atoms with Crippen LogP contribution in [0.1, 0.15) is 11.1 Å². The maximum atomic E-state index is 9.01. The maximum Gasteiger partial charge on any atom is 0.232 e. The molecule has 154 valence electrons. The fourth-order valence-corrected chi connectivity index (χ4v) is 3.96. The molecule has 0 radical (unpaired) electrons. The number of hydrogen-bond donors (Lipinski definition) is 0. The van der Waals surface area contributed by atoms with Crippen molar-refractivity contribution in [1.82, 2.24) is 14.8 Å². The van der Waals surface area contributed by atoms with Gasteiger partial charge in [0.2, 0.25) is 5.95 Å². The lowest BCUT2D eigenvalue weighted by Crippen LogP contribution is -2.37. The molecule has 0 amide bonds. The predicted octanol–water partition coefficient (Wildman–Crippen LogP) is 3.46. The van der Waals surface area contributed by atoms with E-state index in [1.807, 2.05) is 12.1 Å². The molecule has 7 nitrogen and oxygen atoms in total. The number of rotatable bonds is 7. The minimum Gasteiger partial charge on any atom is -0.493 e. The minimum atomic E-state index is 0.507. The van der Waals surface area contributed by atoms with Crippen LogP contribution in [0.5, 0.6) is 5.75 Å². The van der Waals surface area contributed by atoms with Crippen molar-refractivity contribution in [3.63, 3.8) is 0 Å². The van der Waals surface area contributed by atoms with Gasteiger partial charge in [-0.3, -0.25) is 4.57 Å². The molecule has 0 unspecified atom stereocenters. The molecule has 30 heavy (non-hydrogen) atoms. The van der Waals surface area contributed by atoms with E-state index in [0.29, 0.717) is 36.9 Å². The van der Waals surface area contributed by atoms with Crippen molar-refractivity contribution in [2.75, 3.05) is 43.6 Å². The molecule has 1 aromatic heterocycles. The highest BCUT2D eigenvalue weighted by Gasteiger charge is 2.21. The Morgan fingerprint density at radius 2 is 1.93 bits per heavy atom. The average molecular weight is 422 g/mol. The zero-order chi connectivity index (χ0) is 20.8. The van der Waals surface area contributed by atoms with Gasteiger partial charge in [-0.2, -0.15) is 5.26 Å². The average Bonchev–Trinajstić information content (AvgIpc) is 3.22. The second-order valence-electron chi connectivity index (χ2n) is 6.89. The Kier molecular flexibility index (Phi) is 6.52. The van der Waals surface area contributed by atoms with Gasteiger partial charge in [0.1, 0.15) is 5.75 Å². The summed E-state index contributed by atoms with van der Waals surface area (Å²) in [5, 5.41) is 18.8. The quantitative estimate of drug-likeness (QED) is 0.427. The fourth-order valence-electron chi connectivity index (χ4n) is 3.19. The molecule has 2 aromatic carbocycles. The monoisotopic (exact) mass is 421 g/mol. The van der Waals surface area contributed by atoms with E-state index in [2.05, 4.69) is 56.9 Å². The van der Waals surface area contributed by atoms with Crippen LogP contribution < -0.4 is 9.64 Å². The van der Waals surface area contributed by atoms with Crippen molar-refractivity contribution < 1.29 is 9.47 Å². The highest BCUT2D eigenvalue weighted by Crippen LogP contribution is 2.27. The molecule has 0 saturated carbocycles. The van der Waals surface area contributed by atoms with Crippen molar-refractivity contribution in [3.05, 3.63) is 59.7 Å². The second kappa shape index (κ2) is 9.65. The molecule has 0 N–H and O–H groups in total. The lowest BCUT2D eigenvalue weighted by Gasteiger charge is -2.28. The number of ether oxygens (including phenoxy) is 2. The summed E-state index contributed by atoms with van der Waals surface area (Å²) in [6.45, 7) is 5.57. The van der Waals surface area contributed by atoms with Crippen LogP contribution >= 0.6 is 11.8 Å². The number of morpholine rings is 1. The van der Waals surface area contributed by atoms with Gasteiger partial charge in [-0.25, -0.2) is 0 Å². The van der Waals surface area contributed by atoms with E-state index in [1.54, 1.807) is 23.9 Å². The van der Waals surface area contributed by atoms with Crippen LogP contribution in [0, 0.1) is 18.3 Å². The van der Waals surface area contributed by atoms with E-state index in [1.165, 1.54) is 5.56 Å². The Labute approximate surface area is 180 Å². The Morgan fingerprint density at radius 3 is 2.70 bits per heavy atom. The van der Waals surface area contributed by atoms with Crippen LogP contribution in [0.15, 0.2) is 53.7 Å². The zero-order valence-electron chi connectivity index (χ0n) is 16.8. The first-order chi connectivity index (χ1) is 14.7. The molecular weight excluding hydrogens is 398 g/mol. The van der Waals surface area contributed by atoms with E-state index >= 15 is 0 Å². The first kappa shape index (κ1) is 20.3. The number of benzene rings is 2. The lowest BCUT2D eigenvalue weighted by atomic mass is 10.2. The molecule has 0 bridgehead atoms. The molecule has 4 rings (SSSR count). The van der Waals surface area contributed by atoms with Gasteiger partial charge in [0.25, 0.3) is 0 Å². The molecular formula is C22H23N5O2S. The predicted molar refractivity (Wildman–Crippen MR) is 117 cm³/mol. The van der Waals surface area contributed by atoms with E-state index in [9.17, 15) is 0 Å². The van der Waals surface area contributed by atoms with Crippen molar-refractivity contribution in [1.29, 1.82) is 5.26 Å². The van der Waals surface area contributed by atoms with E-state index in [0.717, 1.165) is 29.9 Å². The molecule has 3 aromatic rings. The third-order valence-electron chi connectivity index (χ3n) is 4.75. The van der Waals surface area contributed by atoms with E-state index in [-0.39, 0.29) is 0 Å².